The van der Waals surface area contributed by atoms with Crippen molar-refractivity contribution in [3.63, 3.8) is 0 Å². The van der Waals surface area contributed by atoms with E-state index in [0.717, 1.165) is 11.3 Å². The Hall–Kier alpha value is -5.26. The molecule has 0 amide bonds. The highest BCUT2D eigenvalue weighted by Crippen LogP contribution is 2.36. The van der Waals surface area contributed by atoms with E-state index in [9.17, 15) is 19.7 Å². The van der Waals surface area contributed by atoms with Gasteiger partial charge in [0, 0.05) is 16.7 Å². The number of carbonyl (C=O) groups excluding carboxylic acids is 1. The summed E-state index contributed by atoms with van der Waals surface area (Å²) < 4.78 is 18.3. The first kappa shape index (κ1) is 29.8. The fourth-order valence-electron chi connectivity index (χ4n) is 5.10. The molecule has 1 aliphatic rings. The number of nitro groups is 1. The summed E-state index contributed by atoms with van der Waals surface area (Å²) in [5.41, 5.74) is 1.62. The van der Waals surface area contributed by atoms with Crippen LogP contribution in [0.25, 0.3) is 23.1 Å². The second-order valence-corrected chi connectivity index (χ2v) is 11.3. The standard InChI is InChI=1S/C33H24ClN3O7S/c1-3-43-32(39)28-29(19-7-5-4-6-8-19)35-33-36(30(28)20-9-11-21(34)12-10-20)31(38)27(45-33)18-23-14-16-26(44-23)24-15-13-22(42-2)17-25(24)37(40)41/h4-18,30H,3H2,1-2H3/b27-18-. The molecule has 5 aromatic rings. The van der Waals surface area contributed by atoms with E-state index in [0.29, 0.717) is 38.2 Å². The number of fused-ring (bicyclic) bond motifs is 1. The first-order valence-electron chi connectivity index (χ1n) is 13.8. The van der Waals surface area contributed by atoms with Gasteiger partial charge in [0.25, 0.3) is 11.2 Å². The summed E-state index contributed by atoms with van der Waals surface area (Å²) in [7, 11) is 1.43. The van der Waals surface area contributed by atoms with Gasteiger partial charge in [-0.05, 0) is 48.9 Å². The van der Waals surface area contributed by atoms with Gasteiger partial charge in [-0.3, -0.25) is 19.5 Å². The predicted octanol–water partition coefficient (Wildman–Crippen LogP) is 5.77. The zero-order valence-electron chi connectivity index (χ0n) is 23.9. The Bertz CT molecular complexity index is 2150. The quantitative estimate of drug-likeness (QED) is 0.120. The molecule has 1 atom stereocenters. The minimum Gasteiger partial charge on any atom is -0.497 e. The number of furan rings is 1. The number of hydrogen-bond acceptors (Lipinski definition) is 9. The minimum absolute atomic E-state index is 0.134. The average Bonchev–Trinajstić information content (AvgIpc) is 3.64. The van der Waals surface area contributed by atoms with Crippen LogP contribution in [-0.2, 0) is 9.53 Å². The highest BCUT2D eigenvalue weighted by atomic mass is 35.5. The van der Waals surface area contributed by atoms with E-state index in [1.54, 1.807) is 61.5 Å². The van der Waals surface area contributed by atoms with Crippen LogP contribution in [0.15, 0.2) is 105 Å². The smallest absolute Gasteiger partial charge is 0.338 e. The van der Waals surface area contributed by atoms with E-state index in [2.05, 4.69) is 0 Å². The van der Waals surface area contributed by atoms with Crippen LogP contribution in [0, 0.1) is 10.1 Å². The molecule has 12 heteroatoms. The number of aromatic nitrogens is 1. The predicted molar refractivity (Wildman–Crippen MR) is 170 cm³/mol. The van der Waals surface area contributed by atoms with Crippen LogP contribution in [-0.4, -0.2) is 29.2 Å². The number of methoxy groups -OCH3 is 1. The molecule has 10 nitrogen and oxygen atoms in total. The Morgan fingerprint density at radius 2 is 1.87 bits per heavy atom. The summed E-state index contributed by atoms with van der Waals surface area (Å²) in [4.78, 5) is 44.0. The van der Waals surface area contributed by atoms with Crippen molar-refractivity contribution in [3.05, 3.63) is 142 Å². The van der Waals surface area contributed by atoms with Crippen LogP contribution in [0.3, 0.4) is 0 Å². The Morgan fingerprint density at radius 3 is 2.56 bits per heavy atom. The van der Waals surface area contributed by atoms with Crippen molar-refractivity contribution in [1.29, 1.82) is 0 Å². The molecule has 0 N–H and O–H groups in total. The van der Waals surface area contributed by atoms with Gasteiger partial charge in [0.05, 0.1) is 52.1 Å². The highest BCUT2D eigenvalue weighted by Gasteiger charge is 2.35. The van der Waals surface area contributed by atoms with E-state index in [4.69, 9.17) is 30.5 Å². The summed E-state index contributed by atoms with van der Waals surface area (Å²) in [5.74, 6) is 0.298. The molecular weight excluding hydrogens is 618 g/mol. The number of benzene rings is 3. The number of thiazole rings is 1. The zero-order valence-corrected chi connectivity index (χ0v) is 25.5. The minimum atomic E-state index is -0.857. The first-order chi connectivity index (χ1) is 21.8. The first-order valence-corrected chi connectivity index (χ1v) is 14.9. The SMILES string of the molecule is CCOC(=O)C1=C(c2ccccc2)N=c2s/c(=C\c3ccc(-c4ccc(OC)cc4[N+](=O)[O-])o3)c(=O)n2C1c1ccc(Cl)cc1. The van der Waals surface area contributed by atoms with E-state index in [1.807, 2.05) is 30.3 Å². The Balaban J connectivity index is 1.53. The molecule has 0 radical (unpaired) electrons. The van der Waals surface area contributed by atoms with Crippen LogP contribution < -0.4 is 19.6 Å². The maximum atomic E-state index is 14.1. The van der Waals surface area contributed by atoms with Gasteiger partial charge < -0.3 is 13.9 Å². The zero-order chi connectivity index (χ0) is 31.7. The van der Waals surface area contributed by atoms with Crippen LogP contribution in [0.1, 0.15) is 29.9 Å². The van der Waals surface area contributed by atoms with Gasteiger partial charge in [-0.25, -0.2) is 9.79 Å². The number of nitrogens with zero attached hydrogens (tertiary/aromatic N) is 3. The maximum absolute atomic E-state index is 14.1. The summed E-state index contributed by atoms with van der Waals surface area (Å²) in [6.07, 6.45) is 1.55. The lowest BCUT2D eigenvalue weighted by atomic mass is 9.93. The number of rotatable bonds is 8. The van der Waals surface area contributed by atoms with E-state index in [-0.39, 0.29) is 33.7 Å². The summed E-state index contributed by atoms with van der Waals surface area (Å²) in [6.45, 7) is 1.85. The summed E-state index contributed by atoms with van der Waals surface area (Å²) in [6, 6.07) is 23.0. The van der Waals surface area contributed by atoms with Gasteiger partial charge in [0.15, 0.2) is 4.80 Å². The molecule has 6 rings (SSSR count). The number of halogens is 1. The molecule has 1 unspecified atom stereocenters. The second kappa shape index (κ2) is 12.4. The second-order valence-electron chi connectivity index (χ2n) is 9.83. The molecule has 0 saturated heterocycles. The molecule has 1 aliphatic heterocycles. The molecule has 0 aliphatic carbocycles. The lowest BCUT2D eigenvalue weighted by Crippen LogP contribution is -2.39. The van der Waals surface area contributed by atoms with E-state index < -0.39 is 22.5 Å². The van der Waals surface area contributed by atoms with Crippen molar-refractivity contribution in [1.82, 2.24) is 4.57 Å². The molecule has 2 aromatic heterocycles. The number of hydrogen-bond donors (Lipinski definition) is 0. The fourth-order valence-corrected chi connectivity index (χ4v) is 6.21. The van der Waals surface area contributed by atoms with E-state index in [1.165, 1.54) is 17.7 Å². The van der Waals surface area contributed by atoms with Crippen molar-refractivity contribution < 1.29 is 23.6 Å². The molecular formula is C33H24ClN3O7S. The van der Waals surface area contributed by atoms with Crippen LogP contribution in [0.4, 0.5) is 5.69 Å². The van der Waals surface area contributed by atoms with Crippen molar-refractivity contribution in [3.8, 4) is 17.1 Å². The highest BCUT2D eigenvalue weighted by molar-refractivity contribution is 7.07. The largest absolute Gasteiger partial charge is 0.497 e. The molecule has 0 saturated carbocycles. The number of ether oxygens (including phenoxy) is 2. The monoisotopic (exact) mass is 641 g/mol. The average molecular weight is 642 g/mol. The third-order valence-corrected chi connectivity index (χ3v) is 8.36. The number of nitro benzene ring substituents is 1. The van der Waals surface area contributed by atoms with Crippen molar-refractivity contribution in [2.24, 2.45) is 4.99 Å². The van der Waals surface area contributed by atoms with Gasteiger partial charge in [-0.1, -0.05) is 65.4 Å². The van der Waals surface area contributed by atoms with Gasteiger partial charge >= 0.3 is 5.97 Å². The van der Waals surface area contributed by atoms with E-state index >= 15 is 0 Å². The molecule has 0 bridgehead atoms. The van der Waals surface area contributed by atoms with Gasteiger partial charge in [0.2, 0.25) is 0 Å². The van der Waals surface area contributed by atoms with Gasteiger partial charge in [0.1, 0.15) is 17.3 Å². The number of esters is 1. The van der Waals surface area contributed by atoms with Gasteiger partial charge in [-0.15, -0.1) is 0 Å². The van der Waals surface area contributed by atoms with Crippen LogP contribution in [0.2, 0.25) is 5.02 Å². The van der Waals surface area contributed by atoms with Crippen molar-refractivity contribution in [2.75, 3.05) is 13.7 Å². The normalized spacial score (nSPS) is 14.6. The molecule has 3 heterocycles. The Labute approximate surface area is 264 Å². The van der Waals surface area contributed by atoms with Crippen molar-refractivity contribution in [2.45, 2.75) is 13.0 Å². The topological polar surface area (TPSA) is 126 Å². The third-order valence-electron chi connectivity index (χ3n) is 7.13. The Morgan fingerprint density at radius 1 is 1.11 bits per heavy atom. The summed E-state index contributed by atoms with van der Waals surface area (Å²) >= 11 is 7.32. The lowest BCUT2D eigenvalue weighted by molar-refractivity contribution is -0.384. The Kier molecular flexibility index (Phi) is 8.20. The van der Waals surface area contributed by atoms with Gasteiger partial charge in [-0.2, -0.15) is 0 Å². The lowest BCUT2D eigenvalue weighted by Gasteiger charge is -2.25. The molecule has 226 valence electrons. The molecule has 3 aromatic carbocycles. The van der Waals surface area contributed by atoms with Crippen LogP contribution >= 0.6 is 22.9 Å². The maximum Gasteiger partial charge on any atom is 0.338 e. The number of carbonyl (C=O) groups is 1. The fraction of sp³-hybridized carbons (Fsp3) is 0.121. The molecule has 45 heavy (non-hydrogen) atoms. The summed E-state index contributed by atoms with van der Waals surface area (Å²) in [5, 5.41) is 12.2. The van der Waals surface area contributed by atoms with Crippen LogP contribution in [0.5, 0.6) is 5.75 Å². The molecule has 0 fully saturated rings. The third kappa shape index (κ3) is 5.70. The van der Waals surface area contributed by atoms with Crippen molar-refractivity contribution >= 4 is 46.4 Å². The molecule has 0 spiro atoms.